The summed E-state index contributed by atoms with van der Waals surface area (Å²) in [6.45, 7) is 2.33. The number of carbonyl (C=O) groups is 2. The van der Waals surface area contributed by atoms with E-state index < -0.39 is 23.1 Å². The summed E-state index contributed by atoms with van der Waals surface area (Å²) >= 11 is 0. The average Bonchev–Trinajstić information content (AvgIpc) is 3.46. The Labute approximate surface area is 222 Å². The van der Waals surface area contributed by atoms with Gasteiger partial charge in [-0.3, -0.25) is 14.4 Å². The number of halogens is 2. The normalized spacial score (nSPS) is 13.3. The highest BCUT2D eigenvalue weighted by Crippen LogP contribution is 2.22. The van der Waals surface area contributed by atoms with E-state index >= 15 is 0 Å². The highest BCUT2D eigenvalue weighted by Gasteiger charge is 2.20. The second kappa shape index (κ2) is 11.4. The molecule has 4 aromatic rings. The molecular weight excluding hydrogens is 506 g/mol. The lowest BCUT2D eigenvalue weighted by Gasteiger charge is -2.26. The lowest BCUT2D eigenvalue weighted by Crippen LogP contribution is -2.40. The largest absolute Gasteiger partial charge is 0.378 e. The van der Waals surface area contributed by atoms with E-state index in [4.69, 9.17) is 4.74 Å². The number of carbonyl (C=O) groups excluding carboxylic acids is 2. The van der Waals surface area contributed by atoms with Crippen LogP contribution in [0.5, 0.6) is 0 Å². The van der Waals surface area contributed by atoms with E-state index in [0.29, 0.717) is 37.6 Å². The molecule has 1 saturated heterocycles. The van der Waals surface area contributed by atoms with Gasteiger partial charge < -0.3 is 24.5 Å². The predicted molar refractivity (Wildman–Crippen MR) is 140 cm³/mol. The van der Waals surface area contributed by atoms with Crippen molar-refractivity contribution < 1.29 is 23.1 Å². The summed E-state index contributed by atoms with van der Waals surface area (Å²) in [7, 11) is 0. The molecule has 0 bridgehead atoms. The number of hydrogen-bond donors (Lipinski definition) is 2. The van der Waals surface area contributed by atoms with Gasteiger partial charge in [-0.05, 0) is 58.7 Å². The first-order valence-electron chi connectivity index (χ1n) is 12.5. The van der Waals surface area contributed by atoms with Crippen LogP contribution >= 0.6 is 0 Å². The van der Waals surface area contributed by atoms with E-state index in [1.54, 1.807) is 23.2 Å². The molecular formula is C29H26F2N4O4. The molecule has 39 heavy (non-hydrogen) atoms. The SMILES string of the molecule is O=C(NCc1cccc(-c2c[nH]c(C(=O)N3CCOCC3)c2)c1)c1cccn(Cc2ccc(F)c(F)c2)c1=O. The van der Waals surface area contributed by atoms with Crippen LogP contribution in [0.2, 0.25) is 0 Å². The minimum Gasteiger partial charge on any atom is -0.378 e. The van der Waals surface area contributed by atoms with Crippen molar-refractivity contribution in [2.75, 3.05) is 26.3 Å². The second-order valence-corrected chi connectivity index (χ2v) is 9.19. The zero-order valence-corrected chi connectivity index (χ0v) is 21.0. The fraction of sp³-hybridized carbons (Fsp3) is 0.207. The van der Waals surface area contributed by atoms with Gasteiger partial charge in [0.2, 0.25) is 0 Å². The van der Waals surface area contributed by atoms with Crippen molar-refractivity contribution in [2.45, 2.75) is 13.1 Å². The van der Waals surface area contributed by atoms with Crippen LogP contribution in [0, 0.1) is 11.6 Å². The third-order valence-electron chi connectivity index (χ3n) is 6.53. The maximum atomic E-state index is 13.6. The van der Waals surface area contributed by atoms with Gasteiger partial charge in [-0.15, -0.1) is 0 Å². The molecule has 2 amide bonds. The minimum absolute atomic E-state index is 0.00804. The first kappa shape index (κ1) is 26.1. The molecule has 5 rings (SSSR count). The van der Waals surface area contributed by atoms with Crippen molar-refractivity contribution in [1.82, 2.24) is 19.8 Å². The summed E-state index contributed by atoms with van der Waals surface area (Å²) in [5.74, 6) is -2.60. The zero-order valence-electron chi connectivity index (χ0n) is 21.0. The number of H-pyrrole nitrogens is 1. The molecule has 3 heterocycles. The van der Waals surface area contributed by atoms with Crippen molar-refractivity contribution in [3.05, 3.63) is 117 Å². The molecule has 10 heteroatoms. The van der Waals surface area contributed by atoms with Gasteiger partial charge in [0.05, 0.1) is 19.8 Å². The molecule has 0 saturated carbocycles. The Morgan fingerprint density at radius 2 is 1.74 bits per heavy atom. The molecule has 8 nitrogen and oxygen atoms in total. The monoisotopic (exact) mass is 532 g/mol. The molecule has 0 radical (unpaired) electrons. The van der Waals surface area contributed by atoms with E-state index in [0.717, 1.165) is 28.8 Å². The molecule has 1 fully saturated rings. The van der Waals surface area contributed by atoms with Gasteiger partial charge in [0.25, 0.3) is 17.4 Å². The Kier molecular flexibility index (Phi) is 7.64. The highest BCUT2D eigenvalue weighted by atomic mass is 19.2. The molecule has 0 aliphatic carbocycles. The minimum atomic E-state index is -1.00. The van der Waals surface area contributed by atoms with E-state index in [1.165, 1.54) is 22.9 Å². The Morgan fingerprint density at radius 1 is 0.923 bits per heavy atom. The number of aromatic amines is 1. The van der Waals surface area contributed by atoms with E-state index in [1.807, 2.05) is 24.3 Å². The van der Waals surface area contributed by atoms with E-state index in [2.05, 4.69) is 10.3 Å². The first-order chi connectivity index (χ1) is 18.9. The Bertz CT molecular complexity index is 1570. The number of pyridine rings is 1. The number of ether oxygens (including phenoxy) is 1. The molecule has 2 aromatic carbocycles. The van der Waals surface area contributed by atoms with Gasteiger partial charge in [0.15, 0.2) is 11.6 Å². The zero-order chi connectivity index (χ0) is 27.4. The summed E-state index contributed by atoms with van der Waals surface area (Å²) in [4.78, 5) is 43.3. The molecule has 200 valence electrons. The number of amides is 2. The maximum Gasteiger partial charge on any atom is 0.270 e. The van der Waals surface area contributed by atoms with Crippen molar-refractivity contribution >= 4 is 11.8 Å². The molecule has 0 spiro atoms. The second-order valence-electron chi connectivity index (χ2n) is 9.19. The number of benzene rings is 2. The molecule has 0 unspecified atom stereocenters. The topological polar surface area (TPSA) is 96.4 Å². The van der Waals surface area contributed by atoms with Crippen LogP contribution in [-0.2, 0) is 17.8 Å². The van der Waals surface area contributed by atoms with E-state index in [-0.39, 0.29) is 24.6 Å². The molecule has 1 aliphatic rings. The summed E-state index contributed by atoms with van der Waals surface area (Å²) in [5, 5.41) is 2.77. The number of nitrogens with one attached hydrogen (secondary N) is 2. The van der Waals surface area contributed by atoms with Crippen molar-refractivity contribution in [2.24, 2.45) is 0 Å². The van der Waals surface area contributed by atoms with Crippen molar-refractivity contribution in [1.29, 1.82) is 0 Å². The average molecular weight is 533 g/mol. The van der Waals surface area contributed by atoms with Gasteiger partial charge in [-0.25, -0.2) is 8.78 Å². The van der Waals surface area contributed by atoms with Gasteiger partial charge in [0.1, 0.15) is 11.3 Å². The van der Waals surface area contributed by atoms with Crippen LogP contribution in [0.3, 0.4) is 0 Å². The molecule has 2 N–H and O–H groups in total. The summed E-state index contributed by atoms with van der Waals surface area (Å²) in [6.07, 6.45) is 3.25. The Balaban J connectivity index is 1.25. The third-order valence-corrected chi connectivity index (χ3v) is 6.53. The fourth-order valence-electron chi connectivity index (χ4n) is 4.43. The molecule has 0 atom stereocenters. The summed E-state index contributed by atoms with van der Waals surface area (Å²) in [5.41, 5.74) is 2.79. The number of hydrogen-bond acceptors (Lipinski definition) is 4. The van der Waals surface area contributed by atoms with Gasteiger partial charge in [-0.1, -0.05) is 24.3 Å². The maximum absolute atomic E-state index is 13.6. The standard InChI is InChI=1S/C29H26F2N4O4/c30-24-7-6-20(14-25(24)31)18-35-8-2-5-23(28(35)37)27(36)33-16-19-3-1-4-21(13-19)22-15-26(32-17-22)29(38)34-9-11-39-12-10-34/h1-8,13-15,17,32H,9-12,16,18H2,(H,33,36). The Morgan fingerprint density at radius 3 is 2.54 bits per heavy atom. The molecule has 1 aliphatic heterocycles. The highest BCUT2D eigenvalue weighted by molar-refractivity contribution is 5.94. The van der Waals surface area contributed by atoms with Gasteiger partial charge >= 0.3 is 0 Å². The molecule has 2 aromatic heterocycles. The third kappa shape index (κ3) is 5.96. The summed E-state index contributed by atoms with van der Waals surface area (Å²) < 4.78 is 33.3. The van der Waals surface area contributed by atoms with Crippen LogP contribution in [0.4, 0.5) is 8.78 Å². The first-order valence-corrected chi connectivity index (χ1v) is 12.5. The van der Waals surface area contributed by atoms with E-state index in [9.17, 15) is 23.2 Å². The van der Waals surface area contributed by atoms with Crippen LogP contribution < -0.4 is 10.9 Å². The predicted octanol–water partition coefficient (Wildman–Crippen LogP) is 3.57. The Hall–Kier alpha value is -4.57. The summed E-state index contributed by atoms with van der Waals surface area (Å²) in [6, 6.07) is 15.7. The van der Waals surface area contributed by atoms with Crippen LogP contribution in [0.25, 0.3) is 11.1 Å². The van der Waals surface area contributed by atoms with Crippen LogP contribution in [0.1, 0.15) is 32.0 Å². The number of morpholine rings is 1. The smallest absolute Gasteiger partial charge is 0.270 e. The van der Waals surface area contributed by atoms with Gasteiger partial charge in [-0.2, -0.15) is 0 Å². The fourth-order valence-corrected chi connectivity index (χ4v) is 4.43. The lowest BCUT2D eigenvalue weighted by molar-refractivity contribution is 0.0299. The van der Waals surface area contributed by atoms with Crippen LogP contribution in [0.15, 0.2) is 77.9 Å². The van der Waals surface area contributed by atoms with Gasteiger partial charge in [0, 0.05) is 32.0 Å². The van der Waals surface area contributed by atoms with Crippen molar-refractivity contribution in [3.8, 4) is 11.1 Å². The lowest BCUT2D eigenvalue weighted by atomic mass is 10.1. The number of aromatic nitrogens is 2. The quantitative estimate of drug-likeness (QED) is 0.381. The number of rotatable bonds is 7. The number of nitrogens with zero attached hydrogens (tertiary/aromatic N) is 2. The van der Waals surface area contributed by atoms with Crippen LogP contribution in [-0.4, -0.2) is 52.6 Å². The van der Waals surface area contributed by atoms with Crippen molar-refractivity contribution in [3.63, 3.8) is 0 Å².